The highest BCUT2D eigenvalue weighted by molar-refractivity contribution is 7.91. The molecule has 0 bridgehead atoms. The Morgan fingerprint density at radius 1 is 1.02 bits per heavy atom. The van der Waals surface area contributed by atoms with E-state index in [1.54, 1.807) is 7.11 Å². The zero-order chi connectivity index (χ0) is 40.4. The molecule has 0 spiro atoms. The van der Waals surface area contributed by atoms with E-state index in [0.29, 0.717) is 48.5 Å². The fourth-order valence-corrected chi connectivity index (χ4v) is 9.97. The molecule has 4 heterocycles. The summed E-state index contributed by atoms with van der Waals surface area (Å²) in [5, 5.41) is 9.38. The van der Waals surface area contributed by atoms with Crippen LogP contribution in [0, 0.1) is 11.8 Å². The van der Waals surface area contributed by atoms with Crippen LogP contribution in [0.1, 0.15) is 70.6 Å². The van der Waals surface area contributed by atoms with Gasteiger partial charge in [-0.25, -0.2) is 13.4 Å². The van der Waals surface area contributed by atoms with E-state index in [9.17, 15) is 27.6 Å². The molecule has 2 saturated carbocycles. The SMILES string of the molecule is COc1ccc2c(O[C@@H]3C[C@H]4C(=O)N[C@]5(C(=O)NS(=O)(=O)C6CC6)C[C@H]5/C=C\CCCCC[C@H](CC(=O)N[C@@H]5CCNC5)C(=O)N4C3)cc(-c3ccccc3)nc2c1. The number of hydrogen-bond donors (Lipinski definition) is 4. The van der Waals surface area contributed by atoms with E-state index < -0.39 is 56.6 Å². The number of pyridine rings is 1. The number of hydrogen-bond acceptors (Lipinski definition) is 10. The van der Waals surface area contributed by atoms with E-state index in [1.807, 2.05) is 66.7 Å². The lowest BCUT2D eigenvalue weighted by atomic mass is 9.94. The van der Waals surface area contributed by atoms with Crippen molar-refractivity contribution in [1.82, 2.24) is 30.6 Å². The average molecular weight is 813 g/mol. The number of amides is 4. The van der Waals surface area contributed by atoms with Crippen LogP contribution in [0.3, 0.4) is 0 Å². The molecule has 2 aromatic carbocycles. The van der Waals surface area contributed by atoms with Gasteiger partial charge in [-0.3, -0.25) is 23.9 Å². The summed E-state index contributed by atoms with van der Waals surface area (Å²) in [4.78, 5) is 63.0. The summed E-state index contributed by atoms with van der Waals surface area (Å²) in [6, 6.07) is 16.0. The molecule has 6 atom stereocenters. The lowest BCUT2D eigenvalue weighted by Gasteiger charge is -2.29. The normalized spacial score (nSPS) is 28.3. The van der Waals surface area contributed by atoms with Crippen molar-refractivity contribution >= 4 is 44.6 Å². The standard InChI is InChI=1S/C43H52N6O8S/c1-56-31-14-17-34-36(21-31)46-35(27-10-7-5-8-11-27)23-38(34)57-32-22-37-40(51)47-43(42(53)48-58(54,55)33-15-16-33)24-29(43)13-9-4-2-3-6-12-28(41(52)49(37)26-32)20-39(50)45-30-18-19-44-25-30/h5,7-11,13-14,17,21,23,28-30,32-33,37,44H,2-4,6,12,15-16,18-20,22,24-26H2,1H3,(H,45,50)(H,47,51)(H,48,53)/b13-9-/t28-,29-,30-,32-,37+,43-/m1/s1. The number of allylic oxidation sites excluding steroid dienone is 1. The zero-order valence-electron chi connectivity index (χ0n) is 32.8. The number of carbonyl (C=O) groups excluding carboxylic acids is 4. The Kier molecular flexibility index (Phi) is 11.4. The van der Waals surface area contributed by atoms with Gasteiger partial charge in [0, 0.05) is 60.3 Å². The Bertz CT molecular complexity index is 2190. The highest BCUT2D eigenvalue weighted by Gasteiger charge is 2.62. The summed E-state index contributed by atoms with van der Waals surface area (Å²) in [7, 11) is -2.30. The van der Waals surface area contributed by atoms with Gasteiger partial charge in [-0.2, -0.15) is 0 Å². The third kappa shape index (κ3) is 8.70. The molecule has 308 valence electrons. The molecule has 4 amide bonds. The van der Waals surface area contributed by atoms with Gasteiger partial charge in [-0.1, -0.05) is 55.3 Å². The van der Waals surface area contributed by atoms with Gasteiger partial charge in [0.1, 0.15) is 29.2 Å². The average Bonchev–Trinajstić information content (AvgIpc) is 4.09. The fourth-order valence-electron chi connectivity index (χ4n) is 8.60. The Morgan fingerprint density at radius 3 is 2.60 bits per heavy atom. The maximum absolute atomic E-state index is 14.8. The van der Waals surface area contributed by atoms with Crippen LogP contribution < -0.4 is 30.1 Å². The van der Waals surface area contributed by atoms with Gasteiger partial charge in [0.05, 0.1) is 30.1 Å². The van der Waals surface area contributed by atoms with Crippen molar-refractivity contribution in [1.29, 1.82) is 0 Å². The number of methoxy groups -OCH3 is 1. The van der Waals surface area contributed by atoms with Crippen molar-refractivity contribution in [3.05, 3.63) is 66.7 Å². The van der Waals surface area contributed by atoms with Gasteiger partial charge in [0.25, 0.3) is 5.91 Å². The molecule has 3 aromatic rings. The molecule has 0 radical (unpaired) electrons. The quantitative estimate of drug-likeness (QED) is 0.220. The van der Waals surface area contributed by atoms with Crippen LogP contribution in [0.15, 0.2) is 66.7 Å². The summed E-state index contributed by atoms with van der Waals surface area (Å²) >= 11 is 0. The van der Waals surface area contributed by atoms with Crippen molar-refractivity contribution in [2.75, 3.05) is 26.7 Å². The van der Waals surface area contributed by atoms with Gasteiger partial charge >= 0.3 is 0 Å². The van der Waals surface area contributed by atoms with Crippen LogP contribution in [0.25, 0.3) is 22.2 Å². The maximum atomic E-state index is 14.8. The second-order valence-corrected chi connectivity index (χ2v) is 18.4. The topological polar surface area (TPSA) is 185 Å². The molecule has 58 heavy (non-hydrogen) atoms. The van der Waals surface area contributed by atoms with Crippen LogP contribution in [-0.2, 0) is 29.2 Å². The van der Waals surface area contributed by atoms with Gasteiger partial charge in [-0.05, 0) is 63.6 Å². The molecule has 8 rings (SSSR count). The molecule has 4 N–H and O–H groups in total. The summed E-state index contributed by atoms with van der Waals surface area (Å²) in [6.45, 7) is 1.54. The van der Waals surface area contributed by atoms with E-state index >= 15 is 0 Å². The van der Waals surface area contributed by atoms with Gasteiger partial charge < -0.3 is 30.3 Å². The van der Waals surface area contributed by atoms with E-state index in [2.05, 4.69) is 20.7 Å². The first-order valence-corrected chi connectivity index (χ1v) is 22.1. The van der Waals surface area contributed by atoms with Gasteiger partial charge in [0.2, 0.25) is 27.7 Å². The van der Waals surface area contributed by atoms with Crippen molar-refractivity contribution in [3.8, 4) is 22.8 Å². The zero-order valence-corrected chi connectivity index (χ0v) is 33.6. The van der Waals surface area contributed by atoms with Crippen LogP contribution >= 0.6 is 0 Å². The Hall–Kier alpha value is -5.02. The van der Waals surface area contributed by atoms with Crippen molar-refractivity contribution in [2.45, 2.75) is 99.6 Å². The highest BCUT2D eigenvalue weighted by Crippen LogP contribution is 2.46. The van der Waals surface area contributed by atoms with Crippen LogP contribution in [0.2, 0.25) is 0 Å². The number of ether oxygens (including phenoxy) is 2. The summed E-state index contributed by atoms with van der Waals surface area (Å²) in [5.74, 6) is -1.82. The van der Waals surface area contributed by atoms with E-state index in [1.165, 1.54) is 4.90 Å². The monoisotopic (exact) mass is 812 g/mol. The second-order valence-electron chi connectivity index (χ2n) is 16.4. The van der Waals surface area contributed by atoms with Crippen LogP contribution in [-0.4, -0.2) is 97.7 Å². The summed E-state index contributed by atoms with van der Waals surface area (Å²) in [6.07, 6.45) is 8.90. The first kappa shape index (κ1) is 39.8. The maximum Gasteiger partial charge on any atom is 0.259 e. The highest BCUT2D eigenvalue weighted by atomic mass is 32.2. The number of fused-ring (bicyclic) bond motifs is 3. The smallest absolute Gasteiger partial charge is 0.259 e. The number of benzene rings is 2. The van der Waals surface area contributed by atoms with Crippen molar-refractivity contribution in [2.24, 2.45) is 11.8 Å². The lowest BCUT2D eigenvalue weighted by Crippen LogP contribution is -2.57. The van der Waals surface area contributed by atoms with Crippen LogP contribution in [0.5, 0.6) is 11.5 Å². The Balaban J connectivity index is 1.11. The molecule has 0 unspecified atom stereocenters. The largest absolute Gasteiger partial charge is 0.497 e. The number of aromatic nitrogens is 1. The summed E-state index contributed by atoms with van der Waals surface area (Å²) < 4.78 is 40.4. The van der Waals surface area contributed by atoms with Gasteiger partial charge in [-0.15, -0.1) is 0 Å². The fraction of sp³-hybridized carbons (Fsp3) is 0.512. The number of nitrogens with one attached hydrogen (secondary N) is 4. The van der Waals surface area contributed by atoms with E-state index in [0.717, 1.165) is 49.6 Å². The van der Waals surface area contributed by atoms with E-state index in [4.69, 9.17) is 14.5 Å². The molecule has 5 aliphatic rings. The number of carbonyl (C=O) groups is 4. The molecule has 2 aliphatic carbocycles. The summed E-state index contributed by atoms with van der Waals surface area (Å²) in [5.41, 5.74) is 0.704. The predicted octanol–water partition coefficient (Wildman–Crippen LogP) is 3.75. The lowest BCUT2D eigenvalue weighted by molar-refractivity contribution is -0.144. The Labute approximate surface area is 338 Å². The first-order chi connectivity index (χ1) is 28.0. The molecule has 15 heteroatoms. The molecular weight excluding hydrogens is 761 g/mol. The minimum atomic E-state index is -3.89. The minimum Gasteiger partial charge on any atom is -0.497 e. The number of sulfonamides is 1. The molecule has 1 aromatic heterocycles. The second kappa shape index (κ2) is 16.7. The minimum absolute atomic E-state index is 0.00627. The van der Waals surface area contributed by atoms with E-state index in [-0.39, 0.29) is 43.7 Å². The van der Waals surface area contributed by atoms with Crippen molar-refractivity contribution < 1.29 is 37.1 Å². The third-order valence-electron chi connectivity index (χ3n) is 12.2. The number of nitrogens with zero attached hydrogens (tertiary/aromatic N) is 2. The molecule has 14 nitrogen and oxygen atoms in total. The van der Waals surface area contributed by atoms with Crippen LogP contribution in [0.4, 0.5) is 0 Å². The molecular formula is C43H52N6O8S. The Morgan fingerprint density at radius 2 is 1.84 bits per heavy atom. The molecule has 2 saturated heterocycles. The third-order valence-corrected chi connectivity index (χ3v) is 14.0. The van der Waals surface area contributed by atoms with Gasteiger partial charge in [0.15, 0.2) is 0 Å². The number of rotatable bonds is 10. The predicted molar refractivity (Wildman–Crippen MR) is 217 cm³/mol. The molecule has 4 fully saturated rings. The first-order valence-electron chi connectivity index (χ1n) is 20.6. The van der Waals surface area contributed by atoms with Crippen molar-refractivity contribution in [3.63, 3.8) is 0 Å². The molecule has 3 aliphatic heterocycles.